The zero-order valence-electron chi connectivity index (χ0n) is 13.9. The highest BCUT2D eigenvalue weighted by atomic mass is 16.5. The summed E-state index contributed by atoms with van der Waals surface area (Å²) in [5.74, 6) is -0.0946. The van der Waals surface area contributed by atoms with E-state index >= 15 is 0 Å². The number of methoxy groups -OCH3 is 1. The molecule has 0 saturated carbocycles. The van der Waals surface area contributed by atoms with Crippen LogP contribution in [0, 0.1) is 0 Å². The van der Waals surface area contributed by atoms with Crippen molar-refractivity contribution in [1.82, 2.24) is 0 Å². The summed E-state index contributed by atoms with van der Waals surface area (Å²) >= 11 is 0. The van der Waals surface area contributed by atoms with Gasteiger partial charge in [0.15, 0.2) is 0 Å². The Balaban J connectivity index is 3.34. The maximum Gasteiger partial charge on any atom is 0.305 e. The second kappa shape index (κ2) is 16.7. The van der Waals surface area contributed by atoms with Gasteiger partial charge >= 0.3 is 5.97 Å². The average Bonchev–Trinajstić information content (AvgIpc) is 2.50. The van der Waals surface area contributed by atoms with Crippen molar-refractivity contribution in [2.45, 2.75) is 71.1 Å². The average molecular weight is 292 g/mol. The number of allylic oxidation sites excluding steroid dienone is 6. The molecular weight excluding hydrogens is 260 g/mol. The van der Waals surface area contributed by atoms with Crippen molar-refractivity contribution in [3.05, 3.63) is 36.5 Å². The normalized spacial score (nSPS) is 11.9. The summed E-state index contributed by atoms with van der Waals surface area (Å²) in [4.78, 5) is 10.9. The molecule has 0 spiro atoms. The standard InChI is InChI=1S/C19H32O2/c1-3-4-5-6-7-8-9-10-11-12-13-14-15-16-17-18-19(20)21-2/h7-12H,3-6,13-18H2,1-2H3/b8-7-,10-9+,12-11-. The van der Waals surface area contributed by atoms with E-state index < -0.39 is 0 Å². The van der Waals surface area contributed by atoms with E-state index in [1.54, 1.807) is 0 Å². The van der Waals surface area contributed by atoms with Crippen LogP contribution in [0.2, 0.25) is 0 Å². The van der Waals surface area contributed by atoms with E-state index in [9.17, 15) is 4.79 Å². The number of hydrogen-bond donors (Lipinski definition) is 0. The molecule has 0 saturated heterocycles. The first-order valence-corrected chi connectivity index (χ1v) is 8.36. The van der Waals surface area contributed by atoms with Gasteiger partial charge in [0.05, 0.1) is 7.11 Å². The highest BCUT2D eigenvalue weighted by molar-refractivity contribution is 5.68. The van der Waals surface area contributed by atoms with Crippen LogP contribution >= 0.6 is 0 Å². The van der Waals surface area contributed by atoms with Crippen molar-refractivity contribution in [2.24, 2.45) is 0 Å². The van der Waals surface area contributed by atoms with E-state index in [0.717, 1.165) is 19.3 Å². The van der Waals surface area contributed by atoms with Crippen molar-refractivity contribution < 1.29 is 9.53 Å². The van der Waals surface area contributed by atoms with Gasteiger partial charge in [-0.05, 0) is 32.1 Å². The summed E-state index contributed by atoms with van der Waals surface area (Å²) in [5, 5.41) is 0. The first kappa shape index (κ1) is 19.7. The SMILES string of the molecule is CCCCC\C=C/C=C/C=C\CCCCCCC(=O)OC. The molecule has 2 nitrogen and oxygen atoms in total. The molecule has 0 unspecified atom stereocenters. The van der Waals surface area contributed by atoms with Crippen LogP contribution in [-0.2, 0) is 9.53 Å². The second-order valence-corrected chi connectivity index (χ2v) is 5.27. The van der Waals surface area contributed by atoms with Crippen molar-refractivity contribution in [3.63, 3.8) is 0 Å². The van der Waals surface area contributed by atoms with Crippen LogP contribution in [0.25, 0.3) is 0 Å². The molecule has 0 heterocycles. The predicted molar refractivity (Wildman–Crippen MR) is 91.3 cm³/mol. The summed E-state index contributed by atoms with van der Waals surface area (Å²) < 4.78 is 4.61. The lowest BCUT2D eigenvalue weighted by atomic mass is 10.1. The summed E-state index contributed by atoms with van der Waals surface area (Å²) in [6, 6.07) is 0. The fraction of sp³-hybridized carbons (Fsp3) is 0.632. The minimum absolute atomic E-state index is 0.0946. The van der Waals surface area contributed by atoms with E-state index in [0.29, 0.717) is 6.42 Å². The molecular formula is C19H32O2. The Morgan fingerprint density at radius 2 is 1.38 bits per heavy atom. The van der Waals surface area contributed by atoms with Gasteiger partial charge in [0, 0.05) is 6.42 Å². The number of hydrogen-bond acceptors (Lipinski definition) is 2. The quantitative estimate of drug-likeness (QED) is 0.245. The van der Waals surface area contributed by atoms with Crippen molar-refractivity contribution in [3.8, 4) is 0 Å². The number of carbonyl (C=O) groups is 1. The van der Waals surface area contributed by atoms with Crippen molar-refractivity contribution in [1.29, 1.82) is 0 Å². The van der Waals surface area contributed by atoms with Crippen molar-refractivity contribution >= 4 is 5.97 Å². The van der Waals surface area contributed by atoms with Crippen LogP contribution in [-0.4, -0.2) is 13.1 Å². The van der Waals surface area contributed by atoms with Crippen LogP contribution in [0.1, 0.15) is 71.1 Å². The van der Waals surface area contributed by atoms with Gasteiger partial charge in [0.25, 0.3) is 0 Å². The molecule has 0 amide bonds. The van der Waals surface area contributed by atoms with Gasteiger partial charge in [-0.3, -0.25) is 4.79 Å². The van der Waals surface area contributed by atoms with Gasteiger partial charge in [-0.25, -0.2) is 0 Å². The lowest BCUT2D eigenvalue weighted by Gasteiger charge is -1.98. The summed E-state index contributed by atoms with van der Waals surface area (Å²) in [5.41, 5.74) is 0. The number of esters is 1. The van der Waals surface area contributed by atoms with E-state index in [1.165, 1.54) is 45.6 Å². The molecule has 0 aliphatic rings. The van der Waals surface area contributed by atoms with E-state index in [-0.39, 0.29) is 5.97 Å². The zero-order valence-corrected chi connectivity index (χ0v) is 13.9. The molecule has 2 heteroatoms. The van der Waals surface area contributed by atoms with Crippen molar-refractivity contribution in [2.75, 3.05) is 7.11 Å². The molecule has 0 fully saturated rings. The monoisotopic (exact) mass is 292 g/mol. The van der Waals surface area contributed by atoms with Crippen LogP contribution < -0.4 is 0 Å². The molecule has 0 aliphatic heterocycles. The fourth-order valence-electron chi connectivity index (χ4n) is 1.98. The molecule has 0 radical (unpaired) electrons. The van der Waals surface area contributed by atoms with Gasteiger partial charge in [-0.2, -0.15) is 0 Å². The Kier molecular flexibility index (Phi) is 15.7. The fourth-order valence-corrected chi connectivity index (χ4v) is 1.98. The first-order chi connectivity index (χ1) is 10.3. The molecule has 0 aromatic carbocycles. The van der Waals surface area contributed by atoms with E-state index in [1.807, 2.05) is 0 Å². The first-order valence-electron chi connectivity index (χ1n) is 8.36. The van der Waals surface area contributed by atoms with Crippen LogP contribution in [0.15, 0.2) is 36.5 Å². The molecule has 0 rings (SSSR count). The van der Waals surface area contributed by atoms with E-state index in [4.69, 9.17) is 0 Å². The van der Waals surface area contributed by atoms with Crippen LogP contribution in [0.3, 0.4) is 0 Å². The van der Waals surface area contributed by atoms with Gasteiger partial charge in [0.2, 0.25) is 0 Å². The largest absolute Gasteiger partial charge is 0.469 e. The smallest absolute Gasteiger partial charge is 0.305 e. The number of ether oxygens (including phenoxy) is 1. The topological polar surface area (TPSA) is 26.3 Å². The van der Waals surface area contributed by atoms with Crippen LogP contribution in [0.5, 0.6) is 0 Å². The number of unbranched alkanes of at least 4 members (excludes halogenated alkanes) is 7. The molecule has 120 valence electrons. The molecule has 0 aromatic rings. The Morgan fingerprint density at radius 1 is 0.810 bits per heavy atom. The third-order valence-corrected chi connectivity index (χ3v) is 3.31. The van der Waals surface area contributed by atoms with Gasteiger partial charge in [0.1, 0.15) is 0 Å². The summed E-state index contributed by atoms with van der Waals surface area (Å²) in [6.07, 6.45) is 24.1. The van der Waals surface area contributed by atoms with Gasteiger partial charge in [-0.1, -0.05) is 69.1 Å². The molecule has 0 bridgehead atoms. The Hall–Kier alpha value is -1.31. The van der Waals surface area contributed by atoms with E-state index in [2.05, 4.69) is 48.1 Å². The maximum atomic E-state index is 10.9. The molecule has 21 heavy (non-hydrogen) atoms. The highest BCUT2D eigenvalue weighted by Crippen LogP contribution is 2.06. The molecule has 0 atom stereocenters. The lowest BCUT2D eigenvalue weighted by Crippen LogP contribution is -1.98. The second-order valence-electron chi connectivity index (χ2n) is 5.27. The zero-order chi connectivity index (χ0) is 15.6. The minimum Gasteiger partial charge on any atom is -0.469 e. The number of carbonyl (C=O) groups excluding carboxylic acids is 1. The van der Waals surface area contributed by atoms with Gasteiger partial charge in [-0.15, -0.1) is 0 Å². The molecule has 0 aromatic heterocycles. The lowest BCUT2D eigenvalue weighted by molar-refractivity contribution is -0.140. The van der Waals surface area contributed by atoms with Gasteiger partial charge < -0.3 is 4.74 Å². The maximum absolute atomic E-state index is 10.9. The third-order valence-electron chi connectivity index (χ3n) is 3.31. The highest BCUT2D eigenvalue weighted by Gasteiger charge is 1.98. The molecule has 0 N–H and O–H groups in total. The number of rotatable bonds is 13. The Morgan fingerprint density at radius 3 is 1.95 bits per heavy atom. The predicted octanol–water partition coefficient (Wildman–Crippen LogP) is 5.75. The Labute approximate surface area is 131 Å². The Bertz CT molecular complexity index is 314. The summed E-state index contributed by atoms with van der Waals surface area (Å²) in [6.45, 7) is 2.23. The molecule has 0 aliphatic carbocycles. The van der Waals surface area contributed by atoms with Crippen LogP contribution in [0.4, 0.5) is 0 Å². The minimum atomic E-state index is -0.0946. The third kappa shape index (κ3) is 16.6. The summed E-state index contributed by atoms with van der Waals surface area (Å²) in [7, 11) is 1.45.